The highest BCUT2D eigenvalue weighted by Gasteiger charge is 2.47. The molecule has 5 atom stereocenters. The van der Waals surface area contributed by atoms with E-state index in [-0.39, 0.29) is 5.69 Å². The molecule has 0 aromatic heterocycles. The van der Waals surface area contributed by atoms with E-state index in [2.05, 4.69) is 5.32 Å². The number of hydrogen-bond donors (Lipinski definition) is 5. The maximum atomic E-state index is 10.9. The number of ether oxygens (including phenoxy) is 1. The van der Waals surface area contributed by atoms with Gasteiger partial charge in [-0.05, 0) is 12.1 Å². The number of rotatable bonds is 5. The number of aliphatic hydroxyl groups is 3. The molecular weight excluding hydrogens is 298 g/mol. The Labute approximate surface area is 124 Å². The second kappa shape index (κ2) is 6.23. The molecule has 10 nitrogen and oxygen atoms in total. The lowest BCUT2D eigenvalue weighted by molar-refractivity contribution is -0.384. The van der Waals surface area contributed by atoms with Crippen molar-refractivity contribution in [2.24, 2.45) is 5.73 Å². The first-order chi connectivity index (χ1) is 10.3. The minimum absolute atomic E-state index is 0.111. The lowest BCUT2D eigenvalue weighted by Crippen LogP contribution is -2.45. The van der Waals surface area contributed by atoms with Crippen molar-refractivity contribution in [1.82, 2.24) is 0 Å². The third-order valence-corrected chi connectivity index (χ3v) is 3.29. The Balaban J connectivity index is 2.07. The van der Waals surface area contributed by atoms with E-state index in [4.69, 9.17) is 10.5 Å². The van der Waals surface area contributed by atoms with Gasteiger partial charge in [-0.2, -0.15) is 0 Å². The van der Waals surface area contributed by atoms with Gasteiger partial charge in [-0.1, -0.05) is 0 Å². The van der Waals surface area contributed by atoms with Gasteiger partial charge in [-0.3, -0.25) is 14.9 Å². The molecule has 120 valence electrons. The topological polar surface area (TPSA) is 168 Å². The molecule has 1 saturated heterocycles. The number of primary amides is 1. The lowest BCUT2D eigenvalue weighted by Gasteiger charge is -2.18. The Morgan fingerprint density at radius 3 is 2.41 bits per heavy atom. The van der Waals surface area contributed by atoms with Gasteiger partial charge >= 0.3 is 0 Å². The van der Waals surface area contributed by atoms with Crippen LogP contribution in [0.25, 0.3) is 0 Å². The Kier molecular flexibility index (Phi) is 4.56. The number of amides is 1. The molecule has 1 aromatic rings. The van der Waals surface area contributed by atoms with Crippen LogP contribution in [0.15, 0.2) is 24.3 Å². The normalized spacial score (nSPS) is 29.0. The predicted molar refractivity (Wildman–Crippen MR) is 72.6 cm³/mol. The smallest absolute Gasteiger partial charge is 0.269 e. The molecule has 1 heterocycles. The summed E-state index contributed by atoms with van der Waals surface area (Å²) in [7, 11) is 0. The molecule has 2 unspecified atom stereocenters. The standard InChI is InChI=1S/C12H15N3O7/c13-11(19)9(18)10-7(16)8(17)12(22-10)14-5-1-3-6(4-2-5)15(20)21/h1-4,7-10,12,14,16-18H,(H2,13,19)/t7-,8-,9?,10+,12?/m1/s1. The Hall–Kier alpha value is -2.27. The molecule has 0 spiro atoms. The molecule has 6 N–H and O–H groups in total. The second-order valence-electron chi connectivity index (χ2n) is 4.80. The van der Waals surface area contributed by atoms with Crippen molar-refractivity contribution in [1.29, 1.82) is 0 Å². The van der Waals surface area contributed by atoms with E-state index >= 15 is 0 Å². The van der Waals surface area contributed by atoms with Crippen LogP contribution >= 0.6 is 0 Å². The molecule has 1 aliphatic heterocycles. The van der Waals surface area contributed by atoms with Crippen molar-refractivity contribution in [2.75, 3.05) is 5.32 Å². The van der Waals surface area contributed by atoms with Crippen molar-refractivity contribution < 1.29 is 29.8 Å². The SMILES string of the molecule is NC(=O)C(O)[C@H]1OC(Nc2ccc([N+](=O)[O-])cc2)[C@H](O)[C@H]1O. The lowest BCUT2D eigenvalue weighted by atomic mass is 10.1. The number of carbonyl (C=O) groups excluding carboxylic acids is 1. The van der Waals surface area contributed by atoms with Crippen molar-refractivity contribution in [2.45, 2.75) is 30.6 Å². The molecule has 10 heteroatoms. The molecule has 1 amide bonds. The quantitative estimate of drug-likeness (QED) is 0.316. The van der Waals surface area contributed by atoms with E-state index in [1.165, 1.54) is 24.3 Å². The van der Waals surface area contributed by atoms with Crippen LogP contribution in [0.2, 0.25) is 0 Å². The summed E-state index contributed by atoms with van der Waals surface area (Å²) in [4.78, 5) is 20.9. The summed E-state index contributed by atoms with van der Waals surface area (Å²) in [6.45, 7) is 0. The number of nitrogens with two attached hydrogens (primary N) is 1. The summed E-state index contributed by atoms with van der Waals surface area (Å²) in [6, 6.07) is 5.27. The number of nitrogens with zero attached hydrogens (tertiary/aromatic N) is 1. The number of non-ortho nitro benzene ring substituents is 1. The molecule has 0 aliphatic carbocycles. The molecule has 0 bridgehead atoms. The van der Waals surface area contributed by atoms with Crippen LogP contribution in [0, 0.1) is 10.1 Å². The number of carbonyl (C=O) groups is 1. The number of hydrogen-bond acceptors (Lipinski definition) is 8. The van der Waals surface area contributed by atoms with E-state index in [9.17, 15) is 30.2 Å². The fourth-order valence-electron chi connectivity index (χ4n) is 2.09. The average molecular weight is 313 g/mol. The van der Waals surface area contributed by atoms with Gasteiger partial charge in [-0.25, -0.2) is 0 Å². The van der Waals surface area contributed by atoms with Gasteiger partial charge in [0.2, 0.25) is 5.91 Å². The number of anilines is 1. The predicted octanol–water partition coefficient (Wildman–Crippen LogP) is -1.70. The van der Waals surface area contributed by atoms with Crippen LogP contribution in [0.4, 0.5) is 11.4 Å². The Morgan fingerprint density at radius 1 is 1.32 bits per heavy atom. The van der Waals surface area contributed by atoms with Gasteiger partial charge in [0.1, 0.15) is 18.3 Å². The second-order valence-corrected chi connectivity index (χ2v) is 4.80. The Bertz CT molecular complexity index is 564. The average Bonchev–Trinajstić information content (AvgIpc) is 2.75. The van der Waals surface area contributed by atoms with Gasteiger partial charge < -0.3 is 31.1 Å². The van der Waals surface area contributed by atoms with Crippen molar-refractivity contribution in [3.63, 3.8) is 0 Å². The minimum atomic E-state index is -1.77. The van der Waals surface area contributed by atoms with Crippen molar-refractivity contribution in [3.05, 3.63) is 34.4 Å². The van der Waals surface area contributed by atoms with Crippen LogP contribution in [-0.4, -0.2) is 56.8 Å². The van der Waals surface area contributed by atoms with Gasteiger partial charge in [-0.15, -0.1) is 0 Å². The van der Waals surface area contributed by atoms with Gasteiger partial charge in [0.05, 0.1) is 4.92 Å². The molecule has 22 heavy (non-hydrogen) atoms. The van der Waals surface area contributed by atoms with Crippen LogP contribution in [-0.2, 0) is 9.53 Å². The summed E-state index contributed by atoms with van der Waals surface area (Å²) in [5, 5.41) is 42.4. The fraction of sp³-hybridized carbons (Fsp3) is 0.417. The largest absolute Gasteiger partial charge is 0.387 e. The van der Waals surface area contributed by atoms with E-state index in [1.54, 1.807) is 0 Å². The van der Waals surface area contributed by atoms with Crippen LogP contribution in [0.1, 0.15) is 0 Å². The molecule has 1 fully saturated rings. The minimum Gasteiger partial charge on any atom is -0.387 e. The maximum Gasteiger partial charge on any atom is 0.269 e. The summed E-state index contributed by atoms with van der Waals surface area (Å²) >= 11 is 0. The van der Waals surface area contributed by atoms with Crippen LogP contribution in [0.5, 0.6) is 0 Å². The third-order valence-electron chi connectivity index (χ3n) is 3.29. The summed E-state index contributed by atoms with van der Waals surface area (Å²) in [6.07, 6.45) is -7.20. The third kappa shape index (κ3) is 3.14. The highest BCUT2D eigenvalue weighted by atomic mass is 16.6. The summed E-state index contributed by atoms with van der Waals surface area (Å²) < 4.78 is 5.19. The van der Waals surface area contributed by atoms with E-state index < -0.39 is 41.5 Å². The number of nitro benzene ring substituents is 1. The molecule has 0 saturated carbocycles. The molecular formula is C12H15N3O7. The first-order valence-electron chi connectivity index (χ1n) is 6.31. The molecule has 2 rings (SSSR count). The number of nitrogens with one attached hydrogen (secondary N) is 1. The Morgan fingerprint density at radius 2 is 1.91 bits per heavy atom. The first kappa shape index (κ1) is 16.1. The van der Waals surface area contributed by atoms with Gasteiger partial charge in [0.15, 0.2) is 12.3 Å². The van der Waals surface area contributed by atoms with Crippen LogP contribution in [0.3, 0.4) is 0 Å². The van der Waals surface area contributed by atoms with E-state index in [0.717, 1.165) is 0 Å². The van der Waals surface area contributed by atoms with Crippen molar-refractivity contribution >= 4 is 17.3 Å². The van der Waals surface area contributed by atoms with E-state index in [1.807, 2.05) is 0 Å². The molecule has 1 aromatic carbocycles. The maximum absolute atomic E-state index is 10.9. The van der Waals surface area contributed by atoms with Gasteiger partial charge in [0, 0.05) is 17.8 Å². The number of aliphatic hydroxyl groups excluding tert-OH is 3. The van der Waals surface area contributed by atoms with Crippen molar-refractivity contribution in [3.8, 4) is 0 Å². The fourth-order valence-corrected chi connectivity index (χ4v) is 2.09. The molecule has 0 radical (unpaired) electrons. The monoisotopic (exact) mass is 313 g/mol. The van der Waals surface area contributed by atoms with Gasteiger partial charge in [0.25, 0.3) is 5.69 Å². The zero-order chi connectivity index (χ0) is 16.4. The summed E-state index contributed by atoms with van der Waals surface area (Å²) in [5.74, 6) is -1.09. The van der Waals surface area contributed by atoms with E-state index in [0.29, 0.717) is 5.69 Å². The molecule has 1 aliphatic rings. The first-order valence-corrected chi connectivity index (χ1v) is 6.31. The highest BCUT2D eigenvalue weighted by Crippen LogP contribution is 2.26. The highest BCUT2D eigenvalue weighted by molar-refractivity contribution is 5.79. The zero-order valence-corrected chi connectivity index (χ0v) is 11.2. The summed E-state index contributed by atoms with van der Waals surface area (Å²) in [5.41, 5.74) is 5.20. The number of benzene rings is 1. The van der Waals surface area contributed by atoms with Crippen LogP contribution < -0.4 is 11.1 Å². The number of nitro groups is 1. The zero-order valence-electron chi connectivity index (χ0n) is 11.2.